The highest BCUT2D eigenvalue weighted by Gasteiger charge is 2.27. The van der Waals surface area contributed by atoms with Crippen LogP contribution in [0.15, 0.2) is 18.2 Å². The summed E-state index contributed by atoms with van der Waals surface area (Å²) in [6, 6.07) is 6.04. The van der Waals surface area contributed by atoms with Gasteiger partial charge in [0.05, 0.1) is 13.2 Å². The zero-order valence-electron chi connectivity index (χ0n) is 12.7. The summed E-state index contributed by atoms with van der Waals surface area (Å²) in [4.78, 5) is 0. The fourth-order valence-corrected chi connectivity index (χ4v) is 2.30. The predicted octanol–water partition coefficient (Wildman–Crippen LogP) is 2.70. The van der Waals surface area contributed by atoms with Gasteiger partial charge in [0.2, 0.25) is 0 Å². The number of rotatable bonds is 6. The van der Waals surface area contributed by atoms with E-state index in [0.29, 0.717) is 12.5 Å². The molecular weight excluding hydrogens is 238 g/mol. The highest BCUT2D eigenvalue weighted by molar-refractivity contribution is 5.38. The van der Waals surface area contributed by atoms with Crippen LogP contribution in [0.1, 0.15) is 37.8 Å². The second-order valence-corrected chi connectivity index (χ2v) is 5.66. The molecule has 3 N–H and O–H groups in total. The summed E-state index contributed by atoms with van der Waals surface area (Å²) in [5, 5.41) is 10.5. The zero-order chi connectivity index (χ0) is 14.6. The SMILES string of the molecule is COc1cc(C(CN)C(O)C(C)C(C)C)ccc1C. The van der Waals surface area contributed by atoms with E-state index in [1.165, 1.54) is 0 Å². The van der Waals surface area contributed by atoms with Crippen molar-refractivity contribution in [2.45, 2.75) is 39.7 Å². The average molecular weight is 265 g/mol. The van der Waals surface area contributed by atoms with Crippen LogP contribution in [0.2, 0.25) is 0 Å². The summed E-state index contributed by atoms with van der Waals surface area (Å²) >= 11 is 0. The summed E-state index contributed by atoms with van der Waals surface area (Å²) < 4.78 is 5.35. The molecule has 0 aliphatic carbocycles. The van der Waals surface area contributed by atoms with Crippen LogP contribution in [-0.2, 0) is 0 Å². The van der Waals surface area contributed by atoms with E-state index in [2.05, 4.69) is 20.8 Å². The van der Waals surface area contributed by atoms with Gasteiger partial charge < -0.3 is 15.6 Å². The third kappa shape index (κ3) is 3.71. The van der Waals surface area contributed by atoms with Crippen molar-refractivity contribution in [3.05, 3.63) is 29.3 Å². The van der Waals surface area contributed by atoms with E-state index in [-0.39, 0.29) is 11.8 Å². The number of aryl methyl sites for hydroxylation is 1. The molecule has 3 heteroatoms. The second kappa shape index (κ2) is 6.92. The predicted molar refractivity (Wildman–Crippen MR) is 79.5 cm³/mol. The van der Waals surface area contributed by atoms with Crippen molar-refractivity contribution >= 4 is 0 Å². The highest BCUT2D eigenvalue weighted by Crippen LogP contribution is 2.30. The second-order valence-electron chi connectivity index (χ2n) is 5.66. The number of ether oxygens (including phenoxy) is 1. The van der Waals surface area contributed by atoms with Crippen LogP contribution >= 0.6 is 0 Å². The number of hydrogen-bond donors (Lipinski definition) is 2. The van der Waals surface area contributed by atoms with E-state index in [0.717, 1.165) is 16.9 Å². The van der Waals surface area contributed by atoms with Crippen molar-refractivity contribution in [1.29, 1.82) is 0 Å². The smallest absolute Gasteiger partial charge is 0.122 e. The number of aliphatic hydroxyl groups excluding tert-OH is 1. The molecule has 0 saturated heterocycles. The Morgan fingerprint density at radius 2 is 1.89 bits per heavy atom. The Bertz CT molecular complexity index is 404. The molecule has 0 radical (unpaired) electrons. The van der Waals surface area contributed by atoms with Crippen LogP contribution < -0.4 is 10.5 Å². The standard InChI is InChI=1S/C16H27NO2/c1-10(2)12(4)16(18)14(9-17)13-7-6-11(3)15(8-13)19-5/h6-8,10,12,14,16,18H,9,17H2,1-5H3. The fraction of sp³-hybridized carbons (Fsp3) is 0.625. The van der Waals surface area contributed by atoms with E-state index in [1.807, 2.05) is 25.1 Å². The quantitative estimate of drug-likeness (QED) is 0.831. The lowest BCUT2D eigenvalue weighted by Crippen LogP contribution is -2.33. The normalized spacial score (nSPS) is 16.2. The van der Waals surface area contributed by atoms with Crippen LogP contribution in [0.5, 0.6) is 5.75 Å². The summed E-state index contributed by atoms with van der Waals surface area (Å²) in [6.45, 7) is 8.76. The summed E-state index contributed by atoms with van der Waals surface area (Å²) in [6.07, 6.45) is -0.433. The third-order valence-corrected chi connectivity index (χ3v) is 4.12. The largest absolute Gasteiger partial charge is 0.496 e. The van der Waals surface area contributed by atoms with Gasteiger partial charge in [-0.25, -0.2) is 0 Å². The van der Waals surface area contributed by atoms with E-state index < -0.39 is 6.10 Å². The lowest BCUT2D eigenvalue weighted by atomic mass is 9.81. The van der Waals surface area contributed by atoms with E-state index in [4.69, 9.17) is 10.5 Å². The Labute approximate surface area is 116 Å². The number of hydrogen-bond acceptors (Lipinski definition) is 3. The average Bonchev–Trinajstić information content (AvgIpc) is 2.40. The minimum absolute atomic E-state index is 0.0492. The molecule has 19 heavy (non-hydrogen) atoms. The first kappa shape index (κ1) is 16.0. The number of methoxy groups -OCH3 is 1. The Morgan fingerprint density at radius 3 is 2.37 bits per heavy atom. The van der Waals surface area contributed by atoms with Gasteiger partial charge in [-0.2, -0.15) is 0 Å². The van der Waals surface area contributed by atoms with Crippen molar-refractivity contribution in [3.8, 4) is 5.75 Å². The minimum atomic E-state index is -0.433. The molecule has 0 aliphatic rings. The molecule has 1 aromatic rings. The maximum atomic E-state index is 10.5. The van der Waals surface area contributed by atoms with Gasteiger partial charge in [0.15, 0.2) is 0 Å². The Hall–Kier alpha value is -1.06. The molecule has 3 atom stereocenters. The number of benzene rings is 1. The van der Waals surface area contributed by atoms with Gasteiger partial charge in [0.1, 0.15) is 5.75 Å². The van der Waals surface area contributed by atoms with Gasteiger partial charge in [-0.3, -0.25) is 0 Å². The van der Waals surface area contributed by atoms with Crippen LogP contribution in [-0.4, -0.2) is 24.9 Å². The van der Waals surface area contributed by atoms with E-state index in [1.54, 1.807) is 7.11 Å². The Morgan fingerprint density at radius 1 is 1.26 bits per heavy atom. The third-order valence-electron chi connectivity index (χ3n) is 4.12. The fourth-order valence-electron chi connectivity index (χ4n) is 2.30. The summed E-state index contributed by atoms with van der Waals surface area (Å²) in [5.74, 6) is 1.43. The molecule has 0 saturated carbocycles. The molecule has 0 fully saturated rings. The Balaban J connectivity index is 3.03. The lowest BCUT2D eigenvalue weighted by molar-refractivity contribution is 0.0683. The molecule has 3 unspecified atom stereocenters. The molecule has 108 valence electrons. The summed E-state index contributed by atoms with van der Waals surface area (Å²) in [5.41, 5.74) is 8.01. The first-order chi connectivity index (χ1) is 8.92. The molecule has 0 heterocycles. The maximum absolute atomic E-state index is 10.5. The molecule has 1 aromatic carbocycles. The van der Waals surface area contributed by atoms with Crippen molar-refractivity contribution in [1.82, 2.24) is 0 Å². The van der Waals surface area contributed by atoms with Gasteiger partial charge in [-0.1, -0.05) is 32.9 Å². The monoisotopic (exact) mass is 265 g/mol. The number of nitrogens with two attached hydrogens (primary N) is 1. The molecule has 1 rings (SSSR count). The molecule has 3 nitrogen and oxygen atoms in total. The topological polar surface area (TPSA) is 55.5 Å². The Kier molecular flexibility index (Phi) is 5.83. The van der Waals surface area contributed by atoms with Gasteiger partial charge >= 0.3 is 0 Å². The zero-order valence-corrected chi connectivity index (χ0v) is 12.7. The van der Waals surface area contributed by atoms with Crippen molar-refractivity contribution < 1.29 is 9.84 Å². The van der Waals surface area contributed by atoms with E-state index >= 15 is 0 Å². The van der Waals surface area contributed by atoms with Crippen molar-refractivity contribution in [3.63, 3.8) is 0 Å². The van der Waals surface area contributed by atoms with Crippen LogP contribution in [0.25, 0.3) is 0 Å². The lowest BCUT2D eigenvalue weighted by Gasteiger charge is -2.29. The highest BCUT2D eigenvalue weighted by atomic mass is 16.5. The molecular formula is C16H27NO2. The molecule has 0 spiro atoms. The van der Waals surface area contributed by atoms with Gasteiger partial charge in [0.25, 0.3) is 0 Å². The van der Waals surface area contributed by atoms with Crippen molar-refractivity contribution in [2.75, 3.05) is 13.7 Å². The number of aliphatic hydroxyl groups is 1. The van der Waals surface area contributed by atoms with Crippen LogP contribution in [0.4, 0.5) is 0 Å². The minimum Gasteiger partial charge on any atom is -0.496 e. The van der Waals surface area contributed by atoms with Gasteiger partial charge in [-0.05, 0) is 36.0 Å². The first-order valence-corrected chi connectivity index (χ1v) is 6.95. The summed E-state index contributed by atoms with van der Waals surface area (Å²) in [7, 11) is 1.66. The first-order valence-electron chi connectivity index (χ1n) is 6.95. The van der Waals surface area contributed by atoms with E-state index in [9.17, 15) is 5.11 Å². The van der Waals surface area contributed by atoms with Gasteiger partial charge in [0, 0.05) is 12.5 Å². The molecule has 0 amide bonds. The van der Waals surface area contributed by atoms with Crippen molar-refractivity contribution in [2.24, 2.45) is 17.6 Å². The molecule has 0 aliphatic heterocycles. The van der Waals surface area contributed by atoms with Crippen LogP contribution in [0.3, 0.4) is 0 Å². The molecule has 0 bridgehead atoms. The van der Waals surface area contributed by atoms with Crippen LogP contribution in [0, 0.1) is 18.8 Å². The molecule has 0 aromatic heterocycles. The van der Waals surface area contributed by atoms with Gasteiger partial charge in [-0.15, -0.1) is 0 Å². The maximum Gasteiger partial charge on any atom is 0.122 e.